The predicted octanol–water partition coefficient (Wildman–Crippen LogP) is 3.84. The number of hydrogen-bond donors (Lipinski definition) is 1. The van der Waals surface area contributed by atoms with Crippen molar-refractivity contribution in [3.8, 4) is 0 Å². The molecule has 4 nitrogen and oxygen atoms in total. The lowest BCUT2D eigenvalue weighted by atomic mass is 9.87. The SMILES string of the molecule is CC(C)c1cc2c(NC3CCCC3(C)C)nccn2n1. The van der Waals surface area contributed by atoms with Gasteiger partial charge in [0, 0.05) is 18.4 Å². The first kappa shape index (κ1) is 13.4. The van der Waals surface area contributed by atoms with Crippen LogP contribution in [0.2, 0.25) is 0 Å². The number of aromatic nitrogens is 3. The van der Waals surface area contributed by atoms with E-state index in [0.717, 1.165) is 17.0 Å². The minimum atomic E-state index is 0.343. The Balaban J connectivity index is 1.95. The highest BCUT2D eigenvalue weighted by atomic mass is 15.2. The molecule has 1 fully saturated rings. The fraction of sp³-hybridized carbons (Fsp3) is 0.625. The van der Waals surface area contributed by atoms with Crippen molar-refractivity contribution < 1.29 is 0 Å². The number of nitrogens with zero attached hydrogens (tertiary/aromatic N) is 3. The van der Waals surface area contributed by atoms with Gasteiger partial charge in [0.15, 0.2) is 5.82 Å². The van der Waals surface area contributed by atoms with Gasteiger partial charge in [-0.15, -0.1) is 0 Å². The minimum Gasteiger partial charge on any atom is -0.365 e. The summed E-state index contributed by atoms with van der Waals surface area (Å²) in [4.78, 5) is 4.54. The second kappa shape index (κ2) is 4.76. The van der Waals surface area contributed by atoms with E-state index in [1.165, 1.54) is 19.3 Å². The van der Waals surface area contributed by atoms with Crippen LogP contribution in [0.25, 0.3) is 5.52 Å². The van der Waals surface area contributed by atoms with Crippen molar-refractivity contribution in [1.29, 1.82) is 0 Å². The van der Waals surface area contributed by atoms with E-state index in [-0.39, 0.29) is 0 Å². The third-order valence-corrected chi connectivity index (χ3v) is 4.57. The van der Waals surface area contributed by atoms with Gasteiger partial charge in [0.25, 0.3) is 0 Å². The Kier molecular flexibility index (Phi) is 3.19. The van der Waals surface area contributed by atoms with Gasteiger partial charge in [0.05, 0.1) is 5.69 Å². The van der Waals surface area contributed by atoms with Gasteiger partial charge in [-0.25, -0.2) is 9.50 Å². The summed E-state index contributed by atoms with van der Waals surface area (Å²) in [5.41, 5.74) is 2.54. The molecule has 0 radical (unpaired) electrons. The van der Waals surface area contributed by atoms with Gasteiger partial charge in [-0.05, 0) is 30.2 Å². The number of fused-ring (bicyclic) bond motifs is 1. The molecule has 1 N–H and O–H groups in total. The highest BCUT2D eigenvalue weighted by Gasteiger charge is 2.34. The van der Waals surface area contributed by atoms with Crippen molar-refractivity contribution in [3.05, 3.63) is 24.2 Å². The molecule has 1 unspecified atom stereocenters. The third-order valence-electron chi connectivity index (χ3n) is 4.57. The second-order valence-corrected chi connectivity index (χ2v) is 6.91. The molecular formula is C16H24N4. The molecule has 1 saturated carbocycles. The Morgan fingerprint density at radius 1 is 1.40 bits per heavy atom. The lowest BCUT2D eigenvalue weighted by Gasteiger charge is -2.28. The van der Waals surface area contributed by atoms with Crippen LogP contribution in [0.15, 0.2) is 18.5 Å². The van der Waals surface area contributed by atoms with E-state index >= 15 is 0 Å². The Morgan fingerprint density at radius 3 is 2.85 bits per heavy atom. The first-order valence-electron chi connectivity index (χ1n) is 7.58. The highest BCUT2D eigenvalue weighted by molar-refractivity contribution is 5.68. The third kappa shape index (κ3) is 2.28. The predicted molar refractivity (Wildman–Crippen MR) is 82.1 cm³/mol. The van der Waals surface area contributed by atoms with Gasteiger partial charge in [-0.2, -0.15) is 5.10 Å². The van der Waals surface area contributed by atoms with Crippen LogP contribution in [-0.2, 0) is 0 Å². The molecule has 0 aliphatic heterocycles. The summed E-state index contributed by atoms with van der Waals surface area (Å²) in [6.07, 6.45) is 7.55. The van der Waals surface area contributed by atoms with Crippen LogP contribution < -0.4 is 5.32 Å². The zero-order valence-electron chi connectivity index (χ0n) is 12.8. The van der Waals surface area contributed by atoms with Gasteiger partial charge >= 0.3 is 0 Å². The van der Waals surface area contributed by atoms with Crippen molar-refractivity contribution >= 4 is 11.3 Å². The van der Waals surface area contributed by atoms with E-state index in [2.05, 4.69) is 49.2 Å². The molecule has 0 aromatic carbocycles. The van der Waals surface area contributed by atoms with E-state index in [9.17, 15) is 0 Å². The average Bonchev–Trinajstić information content (AvgIpc) is 2.94. The summed E-state index contributed by atoms with van der Waals surface area (Å²) in [5, 5.41) is 8.27. The molecule has 20 heavy (non-hydrogen) atoms. The molecule has 3 rings (SSSR count). The molecule has 2 heterocycles. The van der Waals surface area contributed by atoms with Crippen LogP contribution in [0.5, 0.6) is 0 Å². The standard InChI is InChI=1S/C16H24N4/c1-11(2)12-10-13-15(17-8-9-20(13)19-12)18-14-6-5-7-16(14,3)4/h8-11,14H,5-7H2,1-4H3,(H,17,18). The smallest absolute Gasteiger partial charge is 0.152 e. The van der Waals surface area contributed by atoms with Gasteiger partial charge < -0.3 is 5.32 Å². The zero-order chi connectivity index (χ0) is 14.3. The first-order valence-corrected chi connectivity index (χ1v) is 7.58. The van der Waals surface area contributed by atoms with Gasteiger partial charge in [0.1, 0.15) is 5.52 Å². The summed E-state index contributed by atoms with van der Waals surface area (Å²) >= 11 is 0. The summed E-state index contributed by atoms with van der Waals surface area (Å²) in [5.74, 6) is 1.40. The summed E-state index contributed by atoms with van der Waals surface area (Å²) in [6, 6.07) is 2.65. The molecule has 2 aromatic heterocycles. The molecular weight excluding hydrogens is 248 g/mol. The minimum absolute atomic E-state index is 0.343. The van der Waals surface area contributed by atoms with Crippen LogP contribution >= 0.6 is 0 Å². The lowest BCUT2D eigenvalue weighted by Crippen LogP contribution is -2.31. The normalized spacial score (nSPS) is 21.8. The van der Waals surface area contributed by atoms with Crippen LogP contribution in [-0.4, -0.2) is 20.6 Å². The van der Waals surface area contributed by atoms with Crippen molar-refractivity contribution in [2.24, 2.45) is 5.41 Å². The number of nitrogens with one attached hydrogen (secondary N) is 1. The Morgan fingerprint density at radius 2 is 2.20 bits per heavy atom. The number of anilines is 1. The molecule has 2 aromatic rings. The van der Waals surface area contributed by atoms with Crippen LogP contribution in [0, 0.1) is 5.41 Å². The zero-order valence-corrected chi connectivity index (χ0v) is 12.8. The van der Waals surface area contributed by atoms with E-state index in [0.29, 0.717) is 17.4 Å². The molecule has 1 aliphatic rings. The average molecular weight is 272 g/mol. The molecule has 108 valence electrons. The van der Waals surface area contributed by atoms with E-state index < -0.39 is 0 Å². The van der Waals surface area contributed by atoms with Crippen LogP contribution in [0.4, 0.5) is 5.82 Å². The molecule has 0 amide bonds. The quantitative estimate of drug-likeness (QED) is 0.923. The maximum absolute atomic E-state index is 4.62. The molecule has 0 bridgehead atoms. The van der Waals surface area contributed by atoms with Crippen molar-refractivity contribution in [3.63, 3.8) is 0 Å². The van der Waals surface area contributed by atoms with Crippen molar-refractivity contribution in [1.82, 2.24) is 14.6 Å². The number of hydrogen-bond acceptors (Lipinski definition) is 3. The summed E-state index contributed by atoms with van der Waals surface area (Å²) < 4.78 is 1.94. The molecule has 4 heteroatoms. The Labute approximate surface area is 120 Å². The highest BCUT2D eigenvalue weighted by Crippen LogP contribution is 2.39. The molecule has 0 spiro atoms. The monoisotopic (exact) mass is 272 g/mol. The van der Waals surface area contributed by atoms with Crippen LogP contribution in [0.3, 0.4) is 0 Å². The first-order chi connectivity index (χ1) is 9.47. The maximum Gasteiger partial charge on any atom is 0.152 e. The maximum atomic E-state index is 4.62. The largest absolute Gasteiger partial charge is 0.365 e. The number of rotatable bonds is 3. The summed E-state index contributed by atoms with van der Waals surface area (Å²) in [6.45, 7) is 9.02. The molecule has 1 aliphatic carbocycles. The fourth-order valence-electron chi connectivity index (χ4n) is 3.09. The van der Waals surface area contributed by atoms with E-state index in [1.54, 1.807) is 0 Å². The van der Waals surface area contributed by atoms with E-state index in [1.807, 2.05) is 16.9 Å². The molecule has 0 saturated heterocycles. The Bertz CT molecular complexity index is 612. The second-order valence-electron chi connectivity index (χ2n) is 6.91. The Hall–Kier alpha value is -1.58. The van der Waals surface area contributed by atoms with Gasteiger partial charge in [0.2, 0.25) is 0 Å². The van der Waals surface area contributed by atoms with Crippen LogP contribution in [0.1, 0.15) is 58.6 Å². The summed E-state index contributed by atoms with van der Waals surface area (Å²) in [7, 11) is 0. The van der Waals surface area contributed by atoms with Crippen molar-refractivity contribution in [2.45, 2.75) is 58.9 Å². The van der Waals surface area contributed by atoms with E-state index in [4.69, 9.17) is 0 Å². The lowest BCUT2D eigenvalue weighted by molar-refractivity contribution is 0.349. The fourth-order valence-corrected chi connectivity index (χ4v) is 3.09. The topological polar surface area (TPSA) is 42.2 Å². The van der Waals surface area contributed by atoms with Gasteiger partial charge in [-0.3, -0.25) is 0 Å². The van der Waals surface area contributed by atoms with Crippen molar-refractivity contribution in [2.75, 3.05) is 5.32 Å². The molecule has 1 atom stereocenters. The van der Waals surface area contributed by atoms with Gasteiger partial charge in [-0.1, -0.05) is 34.1 Å².